The summed E-state index contributed by atoms with van der Waals surface area (Å²) < 4.78 is 0. The molecule has 0 radical (unpaired) electrons. The lowest BCUT2D eigenvalue weighted by molar-refractivity contribution is -0.149. The van der Waals surface area contributed by atoms with Crippen LogP contribution in [-0.4, -0.2) is 35.0 Å². The van der Waals surface area contributed by atoms with E-state index >= 15 is 0 Å². The highest BCUT2D eigenvalue weighted by Gasteiger charge is 2.51. The summed E-state index contributed by atoms with van der Waals surface area (Å²) in [5.41, 5.74) is 0. The zero-order valence-corrected chi connectivity index (χ0v) is 12.3. The van der Waals surface area contributed by atoms with Crippen LogP contribution in [0.3, 0.4) is 0 Å². The molecule has 0 aliphatic heterocycles. The maximum atomic E-state index is 12.8. The third-order valence-corrected chi connectivity index (χ3v) is 5.80. The summed E-state index contributed by atoms with van der Waals surface area (Å²) in [7, 11) is 0. The van der Waals surface area contributed by atoms with Crippen molar-refractivity contribution < 1.29 is 14.7 Å². The van der Waals surface area contributed by atoms with Gasteiger partial charge >= 0.3 is 5.97 Å². The SMILES string of the molecule is CCN(CCC(=O)O)C(=O)C1C2CC3CC(C2)CC1C3. The molecule has 0 aromatic heterocycles. The Kier molecular flexibility index (Phi) is 3.74. The van der Waals surface area contributed by atoms with Gasteiger partial charge in [0.1, 0.15) is 0 Å². The Morgan fingerprint density at radius 2 is 1.60 bits per heavy atom. The Balaban J connectivity index is 1.68. The number of carbonyl (C=O) groups is 2. The van der Waals surface area contributed by atoms with Crippen LogP contribution in [0.25, 0.3) is 0 Å². The van der Waals surface area contributed by atoms with E-state index < -0.39 is 5.97 Å². The van der Waals surface area contributed by atoms with Crippen LogP contribution >= 0.6 is 0 Å². The minimum absolute atomic E-state index is 0.0624. The van der Waals surface area contributed by atoms with Crippen LogP contribution in [0.4, 0.5) is 0 Å². The average molecular weight is 279 g/mol. The minimum atomic E-state index is -0.818. The number of carboxylic acid groups (broad SMARTS) is 1. The molecule has 4 heteroatoms. The molecule has 4 aliphatic carbocycles. The number of hydrogen-bond donors (Lipinski definition) is 1. The van der Waals surface area contributed by atoms with Crippen molar-refractivity contribution in [1.29, 1.82) is 0 Å². The molecule has 4 bridgehead atoms. The first-order valence-electron chi connectivity index (χ1n) is 8.09. The number of rotatable bonds is 5. The molecule has 0 unspecified atom stereocenters. The normalized spacial score (nSPS) is 38.0. The average Bonchev–Trinajstić information content (AvgIpc) is 2.37. The van der Waals surface area contributed by atoms with E-state index in [4.69, 9.17) is 5.11 Å². The number of amides is 1. The number of hydrogen-bond acceptors (Lipinski definition) is 2. The molecule has 4 fully saturated rings. The van der Waals surface area contributed by atoms with Gasteiger partial charge in [0.2, 0.25) is 5.91 Å². The third kappa shape index (κ3) is 2.45. The predicted octanol–water partition coefficient (Wildman–Crippen LogP) is 2.38. The highest BCUT2D eigenvalue weighted by atomic mass is 16.4. The van der Waals surface area contributed by atoms with Crippen molar-refractivity contribution in [1.82, 2.24) is 4.90 Å². The first kappa shape index (κ1) is 13.9. The summed E-state index contributed by atoms with van der Waals surface area (Å²) in [5.74, 6) is 2.52. The van der Waals surface area contributed by atoms with E-state index in [1.54, 1.807) is 4.90 Å². The van der Waals surface area contributed by atoms with Crippen molar-refractivity contribution in [2.45, 2.75) is 45.4 Å². The number of carbonyl (C=O) groups excluding carboxylic acids is 1. The second-order valence-electron chi connectivity index (χ2n) is 7.02. The fraction of sp³-hybridized carbons (Fsp3) is 0.875. The lowest BCUT2D eigenvalue weighted by Crippen LogP contribution is -2.52. The Morgan fingerprint density at radius 3 is 2.05 bits per heavy atom. The molecule has 0 saturated heterocycles. The maximum Gasteiger partial charge on any atom is 0.305 e. The van der Waals surface area contributed by atoms with Gasteiger partial charge in [-0.05, 0) is 62.7 Å². The van der Waals surface area contributed by atoms with Gasteiger partial charge in [-0.25, -0.2) is 0 Å². The van der Waals surface area contributed by atoms with Crippen molar-refractivity contribution in [2.75, 3.05) is 13.1 Å². The van der Waals surface area contributed by atoms with Gasteiger partial charge < -0.3 is 10.0 Å². The fourth-order valence-corrected chi connectivity index (χ4v) is 5.19. The molecule has 0 atom stereocenters. The highest BCUT2D eigenvalue weighted by Crippen LogP contribution is 2.56. The Morgan fingerprint density at radius 1 is 1.05 bits per heavy atom. The van der Waals surface area contributed by atoms with E-state index in [9.17, 15) is 9.59 Å². The molecule has 0 aromatic carbocycles. The first-order chi connectivity index (χ1) is 9.58. The van der Waals surface area contributed by atoms with Crippen LogP contribution in [0.2, 0.25) is 0 Å². The van der Waals surface area contributed by atoms with Gasteiger partial charge in [0, 0.05) is 19.0 Å². The van der Waals surface area contributed by atoms with Crippen molar-refractivity contribution >= 4 is 11.9 Å². The summed E-state index contributed by atoms with van der Waals surface area (Å²) in [6, 6.07) is 0. The monoisotopic (exact) mass is 279 g/mol. The van der Waals surface area contributed by atoms with Crippen molar-refractivity contribution in [3.05, 3.63) is 0 Å². The van der Waals surface area contributed by atoms with E-state index in [2.05, 4.69) is 0 Å². The summed E-state index contributed by atoms with van der Waals surface area (Å²) in [6.45, 7) is 2.96. The van der Waals surface area contributed by atoms with Crippen LogP contribution in [0.15, 0.2) is 0 Å². The zero-order chi connectivity index (χ0) is 14.3. The maximum absolute atomic E-state index is 12.8. The van der Waals surface area contributed by atoms with Gasteiger partial charge in [-0.1, -0.05) is 0 Å². The first-order valence-corrected chi connectivity index (χ1v) is 8.09. The molecule has 20 heavy (non-hydrogen) atoms. The molecule has 4 saturated carbocycles. The molecule has 4 nitrogen and oxygen atoms in total. The highest BCUT2D eigenvalue weighted by molar-refractivity contribution is 5.80. The summed E-state index contributed by atoms with van der Waals surface area (Å²) >= 11 is 0. The van der Waals surface area contributed by atoms with Crippen molar-refractivity contribution in [3.63, 3.8) is 0 Å². The van der Waals surface area contributed by atoms with Crippen LogP contribution in [0, 0.1) is 29.6 Å². The summed E-state index contributed by atoms with van der Waals surface area (Å²) in [5, 5.41) is 8.81. The topological polar surface area (TPSA) is 57.6 Å². The molecule has 1 N–H and O–H groups in total. The van der Waals surface area contributed by atoms with Crippen molar-refractivity contribution in [3.8, 4) is 0 Å². The van der Waals surface area contributed by atoms with Crippen LogP contribution in [0.1, 0.15) is 45.4 Å². The van der Waals surface area contributed by atoms with Gasteiger partial charge in [-0.2, -0.15) is 0 Å². The summed E-state index contributed by atoms with van der Waals surface area (Å²) in [4.78, 5) is 25.3. The Hall–Kier alpha value is -1.06. The second kappa shape index (κ2) is 5.38. The third-order valence-electron chi connectivity index (χ3n) is 5.80. The number of carboxylic acids is 1. The lowest BCUT2D eigenvalue weighted by atomic mass is 9.51. The number of aliphatic carboxylic acids is 1. The molecule has 4 aliphatic rings. The van der Waals surface area contributed by atoms with Gasteiger partial charge in [0.25, 0.3) is 0 Å². The van der Waals surface area contributed by atoms with Gasteiger partial charge in [0.15, 0.2) is 0 Å². The standard InChI is InChI=1S/C16H25NO3/c1-2-17(4-3-14(18)19)16(20)15-12-6-10-5-11(8-12)9-13(15)7-10/h10-13,15H,2-9H2,1H3,(H,18,19). The Bertz CT molecular complexity index is 379. The molecule has 4 rings (SSSR count). The molecule has 112 valence electrons. The minimum Gasteiger partial charge on any atom is -0.481 e. The number of nitrogens with zero attached hydrogens (tertiary/aromatic N) is 1. The van der Waals surface area contributed by atoms with Crippen LogP contribution in [-0.2, 0) is 9.59 Å². The quantitative estimate of drug-likeness (QED) is 0.840. The molecular weight excluding hydrogens is 254 g/mol. The second-order valence-corrected chi connectivity index (χ2v) is 7.02. The van der Waals surface area contributed by atoms with Crippen LogP contribution in [0.5, 0.6) is 0 Å². The molecule has 0 aromatic rings. The Labute approximate surface area is 120 Å². The van der Waals surface area contributed by atoms with Crippen molar-refractivity contribution in [2.24, 2.45) is 29.6 Å². The lowest BCUT2D eigenvalue weighted by Gasteiger charge is -2.54. The smallest absolute Gasteiger partial charge is 0.305 e. The van der Waals surface area contributed by atoms with Gasteiger partial charge in [0.05, 0.1) is 6.42 Å². The summed E-state index contributed by atoms with van der Waals surface area (Å²) in [6.07, 6.45) is 6.40. The largest absolute Gasteiger partial charge is 0.481 e. The molecule has 1 amide bonds. The van der Waals surface area contributed by atoms with E-state index in [1.165, 1.54) is 32.1 Å². The van der Waals surface area contributed by atoms with E-state index in [0.717, 1.165) is 11.8 Å². The molecular formula is C16H25NO3. The van der Waals surface area contributed by atoms with Crippen LogP contribution < -0.4 is 0 Å². The molecule has 0 spiro atoms. The van der Waals surface area contributed by atoms with E-state index in [1.807, 2.05) is 6.92 Å². The van der Waals surface area contributed by atoms with Gasteiger partial charge in [-0.15, -0.1) is 0 Å². The van der Waals surface area contributed by atoms with E-state index in [0.29, 0.717) is 24.9 Å². The molecule has 0 heterocycles. The van der Waals surface area contributed by atoms with Gasteiger partial charge in [-0.3, -0.25) is 9.59 Å². The predicted molar refractivity (Wildman–Crippen MR) is 75.0 cm³/mol. The zero-order valence-electron chi connectivity index (χ0n) is 12.3. The van der Waals surface area contributed by atoms with E-state index in [-0.39, 0.29) is 18.2 Å². The fourth-order valence-electron chi connectivity index (χ4n) is 5.19.